The number of carbonyl (C=O) groups excluding carboxylic acids is 1. The number of aromatic nitrogens is 5. The predicted molar refractivity (Wildman–Crippen MR) is 123 cm³/mol. The first-order valence-electron chi connectivity index (χ1n) is 10.1. The second kappa shape index (κ2) is 8.96. The van der Waals surface area contributed by atoms with E-state index in [1.807, 2.05) is 62.7 Å². The zero-order chi connectivity index (χ0) is 22.8. The molecule has 0 aliphatic rings. The van der Waals surface area contributed by atoms with Gasteiger partial charge in [-0.05, 0) is 45.0 Å². The van der Waals surface area contributed by atoms with E-state index in [1.165, 1.54) is 23.9 Å². The van der Waals surface area contributed by atoms with E-state index < -0.39 is 5.25 Å². The van der Waals surface area contributed by atoms with Gasteiger partial charge in [0.25, 0.3) is 0 Å². The van der Waals surface area contributed by atoms with Crippen LogP contribution in [-0.4, -0.2) is 35.7 Å². The van der Waals surface area contributed by atoms with E-state index in [4.69, 9.17) is 0 Å². The van der Waals surface area contributed by atoms with Crippen molar-refractivity contribution in [2.24, 2.45) is 7.05 Å². The fraction of sp³-hybridized carbons (Fsp3) is 0.217. The van der Waals surface area contributed by atoms with Gasteiger partial charge in [0.15, 0.2) is 11.0 Å². The Labute approximate surface area is 189 Å². The van der Waals surface area contributed by atoms with Crippen LogP contribution in [0.25, 0.3) is 17.1 Å². The maximum Gasteiger partial charge on any atom is 0.237 e. The molecule has 0 radical (unpaired) electrons. The van der Waals surface area contributed by atoms with Crippen LogP contribution in [-0.2, 0) is 11.8 Å². The van der Waals surface area contributed by atoms with Crippen molar-refractivity contribution in [2.75, 3.05) is 5.32 Å². The molecule has 1 amide bonds. The summed E-state index contributed by atoms with van der Waals surface area (Å²) in [7, 11) is 1.84. The van der Waals surface area contributed by atoms with Gasteiger partial charge in [0, 0.05) is 18.3 Å². The zero-order valence-corrected chi connectivity index (χ0v) is 19.0. The van der Waals surface area contributed by atoms with Crippen LogP contribution in [0.1, 0.15) is 18.3 Å². The number of carbonyl (C=O) groups is 1. The molecular formula is C23H23FN6OS. The number of aryl methyl sites for hydroxylation is 2. The topological polar surface area (TPSA) is 77.6 Å². The largest absolute Gasteiger partial charge is 0.322 e. The first-order valence-corrected chi connectivity index (χ1v) is 11.0. The van der Waals surface area contributed by atoms with E-state index in [2.05, 4.69) is 20.6 Å². The Balaban J connectivity index is 1.65. The fourth-order valence-corrected chi connectivity index (χ4v) is 4.20. The van der Waals surface area contributed by atoms with Crippen LogP contribution in [0, 0.1) is 19.7 Å². The van der Waals surface area contributed by atoms with Crippen molar-refractivity contribution in [3.8, 4) is 17.1 Å². The van der Waals surface area contributed by atoms with Crippen molar-refractivity contribution < 1.29 is 9.18 Å². The summed E-state index contributed by atoms with van der Waals surface area (Å²) in [6.45, 7) is 5.58. The number of nitrogens with zero attached hydrogens (tertiary/aromatic N) is 5. The van der Waals surface area contributed by atoms with Crippen LogP contribution in [0.5, 0.6) is 0 Å². The molecule has 0 spiro atoms. The molecule has 2 heterocycles. The molecule has 164 valence electrons. The number of benzene rings is 2. The van der Waals surface area contributed by atoms with Gasteiger partial charge in [0.1, 0.15) is 5.82 Å². The number of rotatable bonds is 6. The lowest BCUT2D eigenvalue weighted by molar-refractivity contribution is -0.115. The van der Waals surface area contributed by atoms with E-state index in [-0.39, 0.29) is 11.7 Å². The van der Waals surface area contributed by atoms with E-state index in [0.29, 0.717) is 16.7 Å². The van der Waals surface area contributed by atoms with E-state index >= 15 is 0 Å². The van der Waals surface area contributed by atoms with Crippen LogP contribution in [0.2, 0.25) is 0 Å². The van der Waals surface area contributed by atoms with E-state index in [1.54, 1.807) is 16.8 Å². The minimum absolute atomic E-state index is 0.163. The quantitative estimate of drug-likeness (QED) is 0.436. The van der Waals surface area contributed by atoms with Gasteiger partial charge in [-0.25, -0.2) is 4.39 Å². The summed E-state index contributed by atoms with van der Waals surface area (Å²) in [5.41, 5.74) is 3.94. The molecular weight excluding hydrogens is 427 g/mol. The van der Waals surface area contributed by atoms with Crippen LogP contribution in [0.15, 0.2) is 59.8 Å². The minimum Gasteiger partial charge on any atom is -0.322 e. The fourth-order valence-electron chi connectivity index (χ4n) is 3.33. The smallest absolute Gasteiger partial charge is 0.237 e. The second-order valence-corrected chi connectivity index (χ2v) is 8.71. The Hall–Kier alpha value is -3.46. The lowest BCUT2D eigenvalue weighted by Crippen LogP contribution is -2.23. The molecule has 0 aliphatic heterocycles. The first-order chi connectivity index (χ1) is 15.3. The van der Waals surface area contributed by atoms with Crippen molar-refractivity contribution in [2.45, 2.75) is 31.2 Å². The Morgan fingerprint density at radius 3 is 2.38 bits per heavy atom. The lowest BCUT2D eigenvalue weighted by Gasteiger charge is -2.14. The van der Waals surface area contributed by atoms with Gasteiger partial charge in [0.05, 0.1) is 22.3 Å². The normalized spacial score (nSPS) is 12.0. The van der Waals surface area contributed by atoms with Crippen LogP contribution < -0.4 is 5.32 Å². The molecule has 0 aliphatic carbocycles. The molecule has 32 heavy (non-hydrogen) atoms. The second-order valence-electron chi connectivity index (χ2n) is 7.40. The number of amides is 1. The Kier molecular flexibility index (Phi) is 6.09. The molecule has 1 unspecified atom stereocenters. The van der Waals surface area contributed by atoms with Gasteiger partial charge < -0.3 is 5.32 Å². The van der Waals surface area contributed by atoms with Crippen LogP contribution in [0.4, 0.5) is 10.1 Å². The third-order valence-electron chi connectivity index (χ3n) is 5.16. The van der Waals surface area contributed by atoms with Crippen molar-refractivity contribution in [1.29, 1.82) is 0 Å². The molecule has 4 rings (SSSR count). The maximum atomic E-state index is 13.5. The number of thioether (sulfide) groups is 1. The lowest BCUT2D eigenvalue weighted by atomic mass is 10.2. The molecule has 2 aromatic carbocycles. The molecule has 0 saturated heterocycles. The molecule has 7 nitrogen and oxygen atoms in total. The van der Waals surface area contributed by atoms with Gasteiger partial charge in [-0.15, -0.1) is 10.2 Å². The van der Waals surface area contributed by atoms with Crippen LogP contribution >= 0.6 is 11.8 Å². The van der Waals surface area contributed by atoms with Crippen molar-refractivity contribution in [3.05, 3.63) is 71.8 Å². The summed E-state index contributed by atoms with van der Waals surface area (Å²) in [6, 6.07) is 15.7. The Bertz CT molecular complexity index is 1250. The summed E-state index contributed by atoms with van der Waals surface area (Å²) in [5.74, 6) is 0.127. The number of anilines is 1. The highest BCUT2D eigenvalue weighted by atomic mass is 32.2. The number of nitrogens with one attached hydrogen (secondary N) is 1. The Morgan fingerprint density at radius 2 is 1.75 bits per heavy atom. The molecule has 2 aromatic heterocycles. The van der Waals surface area contributed by atoms with Gasteiger partial charge in [-0.3, -0.25) is 14.0 Å². The third-order valence-corrected chi connectivity index (χ3v) is 6.20. The van der Waals surface area contributed by atoms with Gasteiger partial charge in [-0.1, -0.05) is 42.1 Å². The summed E-state index contributed by atoms with van der Waals surface area (Å²) in [5, 5.41) is 16.1. The summed E-state index contributed by atoms with van der Waals surface area (Å²) >= 11 is 1.29. The average molecular weight is 451 g/mol. The third kappa shape index (κ3) is 4.29. The molecule has 9 heteroatoms. The van der Waals surface area contributed by atoms with E-state index in [0.717, 1.165) is 22.6 Å². The molecule has 1 N–H and O–H groups in total. The summed E-state index contributed by atoms with van der Waals surface area (Å²) in [4.78, 5) is 12.9. The maximum absolute atomic E-state index is 13.5. The average Bonchev–Trinajstić information content (AvgIpc) is 3.30. The number of halogens is 1. The highest BCUT2D eigenvalue weighted by Crippen LogP contribution is 2.31. The highest BCUT2D eigenvalue weighted by Gasteiger charge is 2.23. The molecule has 1 atom stereocenters. The van der Waals surface area contributed by atoms with Gasteiger partial charge in [0.2, 0.25) is 5.91 Å². The summed E-state index contributed by atoms with van der Waals surface area (Å²) < 4.78 is 17.1. The standard InChI is InChI=1S/C23H23FN6OS/c1-14-20(15(2)29(4)28-14)25-22(31)16(3)32-23-27-26-21(17-8-6-5-7-9-17)30(23)19-12-10-18(24)11-13-19/h5-13,16H,1-4H3,(H,25,31). The molecule has 0 bridgehead atoms. The zero-order valence-electron chi connectivity index (χ0n) is 18.2. The van der Waals surface area contributed by atoms with Gasteiger partial charge >= 0.3 is 0 Å². The summed E-state index contributed by atoms with van der Waals surface area (Å²) in [6.07, 6.45) is 0. The Morgan fingerprint density at radius 1 is 1.06 bits per heavy atom. The highest BCUT2D eigenvalue weighted by molar-refractivity contribution is 8.00. The number of hydrogen-bond acceptors (Lipinski definition) is 5. The first kappa shape index (κ1) is 21.8. The monoisotopic (exact) mass is 450 g/mol. The van der Waals surface area contributed by atoms with Crippen LogP contribution in [0.3, 0.4) is 0 Å². The van der Waals surface area contributed by atoms with E-state index in [9.17, 15) is 9.18 Å². The number of hydrogen-bond donors (Lipinski definition) is 1. The molecule has 0 fully saturated rings. The predicted octanol–water partition coefficient (Wildman–Crippen LogP) is 4.54. The molecule has 4 aromatic rings. The van der Waals surface area contributed by atoms with Crippen molar-refractivity contribution >= 4 is 23.4 Å². The van der Waals surface area contributed by atoms with Crippen molar-refractivity contribution in [1.82, 2.24) is 24.5 Å². The molecule has 0 saturated carbocycles. The SMILES string of the molecule is Cc1nn(C)c(C)c1NC(=O)C(C)Sc1nnc(-c2ccccc2)n1-c1ccc(F)cc1. The van der Waals surface area contributed by atoms with Crippen molar-refractivity contribution in [3.63, 3.8) is 0 Å². The minimum atomic E-state index is -0.457. The van der Waals surface area contributed by atoms with Gasteiger partial charge in [-0.2, -0.15) is 5.10 Å².